The van der Waals surface area contributed by atoms with E-state index in [0.29, 0.717) is 12.0 Å². The standard InChI is InChI=1S/C30H42N6O/c1-7-21(8-2)15-31-22-9-11-23(12-10-22)36-28-14-24(18(3)4)25(13-27(28)34-30(36)37)26-16-35-29(32-17-33-35)20(6)19(26)5/h13-14,16-18,21-23,31H,7-12,15H2,1-6H3,(H,34,37). The Balaban J connectivity index is 1.48. The van der Waals surface area contributed by atoms with Crippen LogP contribution in [0.15, 0.2) is 29.5 Å². The summed E-state index contributed by atoms with van der Waals surface area (Å²) in [6.07, 6.45) is 10.4. The number of rotatable bonds is 8. The summed E-state index contributed by atoms with van der Waals surface area (Å²) < 4.78 is 3.90. The van der Waals surface area contributed by atoms with Gasteiger partial charge < -0.3 is 10.3 Å². The molecule has 5 rings (SSSR count). The molecule has 0 bridgehead atoms. The lowest BCUT2D eigenvalue weighted by atomic mass is 9.88. The number of fused-ring (bicyclic) bond motifs is 2. The van der Waals surface area contributed by atoms with E-state index in [0.717, 1.165) is 71.5 Å². The zero-order valence-electron chi connectivity index (χ0n) is 23.3. The van der Waals surface area contributed by atoms with Crippen molar-refractivity contribution < 1.29 is 0 Å². The minimum Gasteiger partial charge on any atom is -0.314 e. The van der Waals surface area contributed by atoms with E-state index >= 15 is 0 Å². The van der Waals surface area contributed by atoms with Crippen molar-refractivity contribution in [3.8, 4) is 11.1 Å². The lowest BCUT2D eigenvalue weighted by Gasteiger charge is -2.31. The molecule has 198 valence electrons. The van der Waals surface area contributed by atoms with Gasteiger partial charge in [0.1, 0.15) is 6.33 Å². The first kappa shape index (κ1) is 25.7. The van der Waals surface area contributed by atoms with Gasteiger partial charge >= 0.3 is 5.69 Å². The minimum absolute atomic E-state index is 0.00919. The molecular formula is C30H42N6O. The highest BCUT2D eigenvalue weighted by atomic mass is 16.1. The van der Waals surface area contributed by atoms with E-state index in [2.05, 4.69) is 80.3 Å². The van der Waals surface area contributed by atoms with Gasteiger partial charge in [0.2, 0.25) is 0 Å². The van der Waals surface area contributed by atoms with Gasteiger partial charge in [0.25, 0.3) is 0 Å². The molecule has 0 aliphatic heterocycles. The number of aromatic amines is 1. The number of pyridine rings is 1. The van der Waals surface area contributed by atoms with Crippen LogP contribution in [-0.2, 0) is 0 Å². The van der Waals surface area contributed by atoms with E-state index in [1.54, 1.807) is 6.33 Å². The molecule has 7 nitrogen and oxygen atoms in total. The average molecular weight is 503 g/mol. The highest BCUT2D eigenvalue weighted by molar-refractivity contribution is 5.86. The Morgan fingerprint density at radius 3 is 2.46 bits per heavy atom. The van der Waals surface area contributed by atoms with Gasteiger partial charge in [0, 0.05) is 23.8 Å². The number of benzene rings is 1. The molecule has 0 unspecified atom stereocenters. The second-order valence-corrected chi connectivity index (χ2v) is 11.3. The van der Waals surface area contributed by atoms with E-state index < -0.39 is 0 Å². The first-order valence-corrected chi connectivity index (χ1v) is 14.1. The van der Waals surface area contributed by atoms with Crippen LogP contribution in [0.5, 0.6) is 0 Å². The van der Waals surface area contributed by atoms with Crippen molar-refractivity contribution in [2.45, 2.75) is 98.1 Å². The fraction of sp³-hybridized carbons (Fsp3) is 0.567. The molecule has 0 saturated heterocycles. The Kier molecular flexibility index (Phi) is 7.26. The van der Waals surface area contributed by atoms with Gasteiger partial charge in [-0.3, -0.25) is 4.57 Å². The molecule has 3 heterocycles. The third-order valence-corrected chi connectivity index (χ3v) is 8.84. The van der Waals surface area contributed by atoms with Crippen LogP contribution in [0.4, 0.5) is 0 Å². The molecule has 1 saturated carbocycles. The van der Waals surface area contributed by atoms with Crippen LogP contribution in [0.2, 0.25) is 0 Å². The molecule has 0 atom stereocenters. The lowest BCUT2D eigenvalue weighted by Crippen LogP contribution is -2.37. The number of hydrogen-bond donors (Lipinski definition) is 2. The zero-order valence-corrected chi connectivity index (χ0v) is 23.3. The van der Waals surface area contributed by atoms with Crippen LogP contribution >= 0.6 is 0 Å². The number of H-pyrrole nitrogens is 1. The topological polar surface area (TPSA) is 80.0 Å². The SMILES string of the molecule is CCC(CC)CNC1CCC(n2c(=O)[nH]c3cc(-c4cn5ncnc5c(C)c4C)c(C(C)C)cc32)CC1. The fourth-order valence-corrected chi connectivity index (χ4v) is 6.18. The monoisotopic (exact) mass is 502 g/mol. The van der Waals surface area contributed by atoms with Crippen LogP contribution in [0.1, 0.15) is 94.9 Å². The molecule has 7 heteroatoms. The number of nitrogens with one attached hydrogen (secondary N) is 2. The number of aromatic nitrogens is 5. The smallest absolute Gasteiger partial charge is 0.314 e. The first-order chi connectivity index (χ1) is 17.8. The number of imidazole rings is 1. The summed E-state index contributed by atoms with van der Waals surface area (Å²) in [7, 11) is 0. The highest BCUT2D eigenvalue weighted by Gasteiger charge is 2.26. The van der Waals surface area contributed by atoms with Crippen LogP contribution in [-0.4, -0.2) is 36.7 Å². The van der Waals surface area contributed by atoms with Gasteiger partial charge in [0.15, 0.2) is 5.65 Å². The van der Waals surface area contributed by atoms with Gasteiger partial charge in [-0.1, -0.05) is 40.5 Å². The molecule has 37 heavy (non-hydrogen) atoms. The normalized spacial score (nSPS) is 18.6. The van der Waals surface area contributed by atoms with E-state index in [9.17, 15) is 4.79 Å². The van der Waals surface area contributed by atoms with Crippen molar-refractivity contribution in [1.29, 1.82) is 0 Å². The largest absolute Gasteiger partial charge is 0.326 e. The summed E-state index contributed by atoms with van der Waals surface area (Å²) in [6, 6.07) is 5.24. The summed E-state index contributed by atoms with van der Waals surface area (Å²) in [4.78, 5) is 20.9. The Morgan fingerprint density at radius 1 is 1.05 bits per heavy atom. The molecule has 2 N–H and O–H groups in total. The quantitative estimate of drug-likeness (QED) is 0.297. The maximum Gasteiger partial charge on any atom is 0.326 e. The van der Waals surface area contributed by atoms with Gasteiger partial charge in [-0.2, -0.15) is 5.10 Å². The molecule has 4 aromatic rings. The molecule has 1 aliphatic rings. The van der Waals surface area contributed by atoms with Crippen molar-refractivity contribution in [2.75, 3.05) is 6.54 Å². The second kappa shape index (κ2) is 10.4. The molecular weight excluding hydrogens is 460 g/mol. The Bertz CT molecular complexity index is 1450. The second-order valence-electron chi connectivity index (χ2n) is 11.3. The summed E-state index contributed by atoms with van der Waals surface area (Å²) in [6.45, 7) is 14.4. The predicted molar refractivity (Wildman–Crippen MR) is 151 cm³/mol. The molecule has 0 radical (unpaired) electrons. The maximum atomic E-state index is 13.3. The Labute approximate surface area is 219 Å². The van der Waals surface area contributed by atoms with E-state index in [4.69, 9.17) is 0 Å². The highest BCUT2D eigenvalue weighted by Crippen LogP contribution is 2.37. The van der Waals surface area contributed by atoms with Crippen LogP contribution in [0.3, 0.4) is 0 Å². The third-order valence-electron chi connectivity index (χ3n) is 8.84. The molecule has 3 aromatic heterocycles. The average Bonchev–Trinajstić information content (AvgIpc) is 3.49. The van der Waals surface area contributed by atoms with Crippen molar-refractivity contribution in [2.24, 2.45) is 5.92 Å². The van der Waals surface area contributed by atoms with Gasteiger partial charge in [-0.15, -0.1) is 0 Å². The van der Waals surface area contributed by atoms with Crippen molar-refractivity contribution in [3.05, 3.63) is 51.8 Å². The molecule has 1 aromatic carbocycles. The predicted octanol–water partition coefficient (Wildman–Crippen LogP) is 6.29. The summed E-state index contributed by atoms with van der Waals surface area (Å²) in [5.74, 6) is 1.07. The van der Waals surface area contributed by atoms with E-state index in [-0.39, 0.29) is 11.7 Å². The Hall–Kier alpha value is -2.93. The lowest BCUT2D eigenvalue weighted by molar-refractivity contribution is 0.278. The van der Waals surface area contributed by atoms with Crippen LogP contribution in [0, 0.1) is 19.8 Å². The van der Waals surface area contributed by atoms with Crippen molar-refractivity contribution >= 4 is 16.7 Å². The van der Waals surface area contributed by atoms with Gasteiger partial charge in [0.05, 0.1) is 11.0 Å². The maximum absolute atomic E-state index is 13.3. The van der Waals surface area contributed by atoms with E-state index in [1.807, 2.05) is 9.08 Å². The van der Waals surface area contributed by atoms with Gasteiger partial charge in [-0.05, 0) is 92.3 Å². The van der Waals surface area contributed by atoms with E-state index in [1.165, 1.54) is 24.0 Å². The Morgan fingerprint density at radius 2 is 1.78 bits per heavy atom. The number of nitrogens with zero attached hydrogens (tertiary/aromatic N) is 4. The summed E-state index contributed by atoms with van der Waals surface area (Å²) >= 11 is 0. The van der Waals surface area contributed by atoms with Gasteiger partial charge in [-0.25, -0.2) is 14.3 Å². The number of hydrogen-bond acceptors (Lipinski definition) is 4. The zero-order chi connectivity index (χ0) is 26.3. The molecule has 1 aliphatic carbocycles. The summed E-state index contributed by atoms with van der Waals surface area (Å²) in [5, 5.41) is 8.20. The molecule has 0 spiro atoms. The first-order valence-electron chi connectivity index (χ1n) is 14.1. The minimum atomic E-state index is 0.00919. The van der Waals surface area contributed by atoms with Crippen LogP contribution in [0.25, 0.3) is 27.8 Å². The number of aryl methyl sites for hydroxylation is 1. The molecule has 1 fully saturated rings. The molecule has 0 amide bonds. The third kappa shape index (κ3) is 4.74. The summed E-state index contributed by atoms with van der Waals surface area (Å²) in [5.41, 5.74) is 8.71. The van der Waals surface area contributed by atoms with Crippen molar-refractivity contribution in [1.82, 2.24) is 29.5 Å². The fourth-order valence-electron chi connectivity index (χ4n) is 6.18. The van der Waals surface area contributed by atoms with Crippen molar-refractivity contribution in [3.63, 3.8) is 0 Å². The van der Waals surface area contributed by atoms with Crippen LogP contribution < -0.4 is 11.0 Å².